The number of carbonyl (C=O) groups is 1. The summed E-state index contributed by atoms with van der Waals surface area (Å²) in [7, 11) is -7.77. The molecule has 0 radical (unpaired) electrons. The molecule has 1 aliphatic rings. The highest BCUT2D eigenvalue weighted by molar-refractivity contribution is 7.92. The third-order valence-electron chi connectivity index (χ3n) is 4.95. The van der Waals surface area contributed by atoms with Gasteiger partial charge in [-0.2, -0.15) is 0 Å². The SMILES string of the molecule is NS(=O)(=O)c1cccc(NC(=O)c2cccc(S(=O)(=O)N3CCc4ccccc43)c2)c1. The second-order valence-electron chi connectivity index (χ2n) is 7.01. The number of nitrogens with two attached hydrogens (primary N) is 1. The first-order valence-electron chi connectivity index (χ1n) is 9.31. The fraction of sp³-hybridized carbons (Fsp3) is 0.0952. The van der Waals surface area contributed by atoms with Crippen molar-refractivity contribution in [1.29, 1.82) is 0 Å². The minimum atomic E-state index is -3.92. The van der Waals surface area contributed by atoms with Crippen molar-refractivity contribution >= 4 is 37.3 Å². The van der Waals surface area contributed by atoms with Crippen molar-refractivity contribution in [2.45, 2.75) is 16.2 Å². The van der Waals surface area contributed by atoms with Gasteiger partial charge in [-0.1, -0.05) is 30.3 Å². The van der Waals surface area contributed by atoms with Gasteiger partial charge in [-0.3, -0.25) is 9.10 Å². The molecule has 10 heteroatoms. The van der Waals surface area contributed by atoms with Crippen molar-refractivity contribution in [2.24, 2.45) is 5.14 Å². The van der Waals surface area contributed by atoms with Gasteiger partial charge < -0.3 is 5.32 Å². The highest BCUT2D eigenvalue weighted by atomic mass is 32.2. The summed E-state index contributed by atoms with van der Waals surface area (Å²) in [5.41, 5.74) is 1.93. The van der Waals surface area contributed by atoms with E-state index in [-0.39, 0.29) is 21.0 Å². The van der Waals surface area contributed by atoms with Gasteiger partial charge in [-0.25, -0.2) is 22.0 Å². The molecule has 3 N–H and O–H groups in total. The molecule has 0 aliphatic carbocycles. The van der Waals surface area contributed by atoms with Gasteiger partial charge in [0.25, 0.3) is 15.9 Å². The number of para-hydroxylation sites is 1. The first-order valence-corrected chi connectivity index (χ1v) is 12.3. The van der Waals surface area contributed by atoms with Crippen LogP contribution in [0.15, 0.2) is 82.6 Å². The predicted octanol–water partition coefficient (Wildman–Crippen LogP) is 2.34. The zero-order valence-electron chi connectivity index (χ0n) is 16.2. The molecule has 8 nitrogen and oxygen atoms in total. The van der Waals surface area contributed by atoms with E-state index in [1.54, 1.807) is 12.1 Å². The number of primary sulfonamides is 1. The molecule has 31 heavy (non-hydrogen) atoms. The number of hydrogen-bond acceptors (Lipinski definition) is 5. The Morgan fingerprint density at radius 3 is 2.35 bits per heavy atom. The maximum absolute atomic E-state index is 13.2. The van der Waals surface area contributed by atoms with Gasteiger partial charge in [-0.15, -0.1) is 0 Å². The highest BCUT2D eigenvalue weighted by Gasteiger charge is 2.31. The van der Waals surface area contributed by atoms with E-state index in [4.69, 9.17) is 5.14 Å². The van der Waals surface area contributed by atoms with Crippen molar-refractivity contribution in [2.75, 3.05) is 16.2 Å². The summed E-state index contributed by atoms with van der Waals surface area (Å²) in [5.74, 6) is -0.578. The zero-order chi connectivity index (χ0) is 22.2. The maximum Gasteiger partial charge on any atom is 0.264 e. The number of anilines is 2. The summed E-state index contributed by atoms with van der Waals surface area (Å²) in [4.78, 5) is 12.5. The van der Waals surface area contributed by atoms with Crippen molar-refractivity contribution in [3.05, 3.63) is 83.9 Å². The fourth-order valence-corrected chi connectivity index (χ4v) is 5.55. The van der Waals surface area contributed by atoms with Crippen LogP contribution < -0.4 is 14.8 Å². The largest absolute Gasteiger partial charge is 0.322 e. The highest BCUT2D eigenvalue weighted by Crippen LogP contribution is 2.32. The van der Waals surface area contributed by atoms with Crippen LogP contribution in [-0.2, 0) is 26.5 Å². The van der Waals surface area contributed by atoms with Gasteiger partial charge in [0, 0.05) is 17.8 Å². The number of benzene rings is 3. The van der Waals surface area contributed by atoms with Crippen LogP contribution in [-0.4, -0.2) is 29.3 Å². The number of carbonyl (C=O) groups excluding carboxylic acids is 1. The predicted molar refractivity (Wildman–Crippen MR) is 117 cm³/mol. The fourth-order valence-electron chi connectivity index (χ4n) is 3.44. The minimum Gasteiger partial charge on any atom is -0.322 e. The summed E-state index contributed by atoms with van der Waals surface area (Å²) >= 11 is 0. The third kappa shape index (κ3) is 4.18. The number of rotatable bonds is 5. The first kappa shape index (κ1) is 21.0. The Morgan fingerprint density at radius 1 is 0.871 bits per heavy atom. The molecule has 1 aliphatic heterocycles. The molecule has 4 rings (SSSR count). The molecule has 0 spiro atoms. The lowest BCUT2D eigenvalue weighted by atomic mass is 10.2. The van der Waals surface area contributed by atoms with Crippen LogP contribution in [0.3, 0.4) is 0 Å². The summed E-state index contributed by atoms with van der Waals surface area (Å²) in [5, 5.41) is 7.68. The third-order valence-corrected chi connectivity index (χ3v) is 7.67. The molecule has 1 amide bonds. The number of sulfonamides is 2. The Kier molecular flexibility index (Phi) is 5.29. The monoisotopic (exact) mass is 457 g/mol. The molecule has 3 aromatic carbocycles. The molecule has 0 saturated carbocycles. The average Bonchev–Trinajstić information content (AvgIpc) is 3.18. The molecule has 1 heterocycles. The second kappa shape index (κ2) is 7.80. The molecular weight excluding hydrogens is 438 g/mol. The number of nitrogens with zero attached hydrogens (tertiary/aromatic N) is 1. The van der Waals surface area contributed by atoms with Crippen LogP contribution in [0.5, 0.6) is 0 Å². The van der Waals surface area contributed by atoms with E-state index >= 15 is 0 Å². The van der Waals surface area contributed by atoms with Gasteiger partial charge in [-0.05, 0) is 54.4 Å². The zero-order valence-corrected chi connectivity index (χ0v) is 17.9. The van der Waals surface area contributed by atoms with Gasteiger partial charge in [0.1, 0.15) is 0 Å². The Morgan fingerprint density at radius 2 is 1.58 bits per heavy atom. The van der Waals surface area contributed by atoms with E-state index in [0.29, 0.717) is 18.7 Å². The quantitative estimate of drug-likeness (QED) is 0.608. The maximum atomic E-state index is 13.2. The topological polar surface area (TPSA) is 127 Å². The molecule has 0 saturated heterocycles. The minimum absolute atomic E-state index is 0.00450. The molecule has 3 aromatic rings. The molecular formula is C21H19N3O5S2. The van der Waals surface area contributed by atoms with Crippen LogP contribution in [0, 0.1) is 0 Å². The Bertz CT molecular complexity index is 1390. The van der Waals surface area contributed by atoms with Crippen molar-refractivity contribution in [3.8, 4) is 0 Å². The molecule has 0 aromatic heterocycles. The summed E-state index contributed by atoms with van der Waals surface area (Å²) in [6, 6.07) is 18.5. The molecule has 0 bridgehead atoms. The van der Waals surface area contributed by atoms with Crippen molar-refractivity contribution in [3.63, 3.8) is 0 Å². The second-order valence-corrected chi connectivity index (χ2v) is 10.4. The Labute approximate surface area is 180 Å². The average molecular weight is 458 g/mol. The Hall–Kier alpha value is -3.21. The molecule has 0 unspecified atom stereocenters. The van der Waals surface area contributed by atoms with Gasteiger partial charge in [0.15, 0.2) is 0 Å². The van der Waals surface area contributed by atoms with Crippen LogP contribution in [0.25, 0.3) is 0 Å². The van der Waals surface area contributed by atoms with Crippen LogP contribution in [0.2, 0.25) is 0 Å². The van der Waals surface area contributed by atoms with Crippen LogP contribution in [0.1, 0.15) is 15.9 Å². The van der Waals surface area contributed by atoms with E-state index in [1.807, 2.05) is 12.1 Å². The number of hydrogen-bond donors (Lipinski definition) is 2. The van der Waals surface area contributed by atoms with Gasteiger partial charge >= 0.3 is 0 Å². The number of amides is 1. The van der Waals surface area contributed by atoms with Crippen LogP contribution >= 0.6 is 0 Å². The van der Waals surface area contributed by atoms with Gasteiger partial charge in [0.05, 0.1) is 15.5 Å². The van der Waals surface area contributed by atoms with E-state index in [2.05, 4.69) is 5.32 Å². The first-order chi connectivity index (χ1) is 14.7. The molecule has 0 fully saturated rings. The smallest absolute Gasteiger partial charge is 0.264 e. The van der Waals surface area contributed by atoms with E-state index in [9.17, 15) is 21.6 Å². The number of fused-ring (bicyclic) bond motifs is 1. The standard InChI is InChI=1S/C21H19N3O5S2/c22-30(26,27)18-8-4-7-17(14-18)23-21(25)16-6-3-9-19(13-16)31(28,29)24-12-11-15-5-1-2-10-20(15)24/h1-10,13-14H,11-12H2,(H,23,25)(H2,22,26,27). The van der Waals surface area contributed by atoms with Crippen LogP contribution in [0.4, 0.5) is 11.4 Å². The lowest BCUT2D eigenvalue weighted by Gasteiger charge is -2.20. The summed E-state index contributed by atoms with van der Waals surface area (Å²) < 4.78 is 50.7. The Balaban J connectivity index is 1.61. The number of nitrogens with one attached hydrogen (secondary N) is 1. The lowest BCUT2D eigenvalue weighted by molar-refractivity contribution is 0.102. The van der Waals surface area contributed by atoms with Crippen molar-refractivity contribution in [1.82, 2.24) is 0 Å². The van der Waals surface area contributed by atoms with E-state index in [0.717, 1.165) is 5.56 Å². The normalized spacial score (nSPS) is 13.6. The van der Waals surface area contributed by atoms with Crippen molar-refractivity contribution < 1.29 is 21.6 Å². The molecule has 160 valence electrons. The van der Waals surface area contributed by atoms with E-state index < -0.39 is 26.0 Å². The van der Waals surface area contributed by atoms with E-state index in [1.165, 1.54) is 52.8 Å². The summed E-state index contributed by atoms with van der Waals surface area (Å²) in [6.07, 6.45) is 0.621. The summed E-state index contributed by atoms with van der Waals surface area (Å²) in [6.45, 7) is 0.332. The molecule has 0 atom stereocenters. The van der Waals surface area contributed by atoms with Gasteiger partial charge in [0.2, 0.25) is 10.0 Å². The lowest BCUT2D eigenvalue weighted by Crippen LogP contribution is -2.29.